The number of carbonyl (C=O) groups is 1. The molecule has 0 saturated carbocycles. The molecule has 1 heterocycles. The van der Waals surface area contributed by atoms with Crippen LogP contribution in [0.15, 0.2) is 34.2 Å². The average Bonchev–Trinajstić information content (AvgIpc) is 2.50. The van der Waals surface area contributed by atoms with Crippen LogP contribution in [0.2, 0.25) is 0 Å². The zero-order chi connectivity index (χ0) is 11.9. The molecule has 0 bridgehead atoms. The Bertz CT molecular complexity index is 589. The zero-order valence-corrected chi connectivity index (χ0v) is 9.23. The van der Waals surface area contributed by atoms with Gasteiger partial charge in [0.1, 0.15) is 5.03 Å². The summed E-state index contributed by atoms with van der Waals surface area (Å²) < 4.78 is 23.9. The van der Waals surface area contributed by atoms with Crippen LogP contribution in [0.4, 0.5) is 4.79 Å². The second-order valence-corrected chi connectivity index (χ2v) is 5.23. The SMILES string of the molecule is CN(C(=O)O)C1=Cc2ccccc2S1(=O)=O. The van der Waals surface area contributed by atoms with E-state index < -0.39 is 15.9 Å². The van der Waals surface area contributed by atoms with Gasteiger partial charge in [0.15, 0.2) is 0 Å². The van der Waals surface area contributed by atoms with Crippen molar-refractivity contribution in [2.24, 2.45) is 0 Å². The quantitative estimate of drug-likeness (QED) is 0.803. The predicted molar refractivity (Wildman–Crippen MR) is 57.4 cm³/mol. The highest BCUT2D eigenvalue weighted by atomic mass is 32.2. The number of rotatable bonds is 1. The van der Waals surface area contributed by atoms with Gasteiger partial charge in [0, 0.05) is 7.05 Å². The molecular weight excluding hydrogens is 230 g/mol. The van der Waals surface area contributed by atoms with Crippen molar-refractivity contribution in [3.05, 3.63) is 34.9 Å². The van der Waals surface area contributed by atoms with Crippen molar-refractivity contribution in [2.75, 3.05) is 7.05 Å². The van der Waals surface area contributed by atoms with Crippen molar-refractivity contribution in [1.29, 1.82) is 0 Å². The van der Waals surface area contributed by atoms with Gasteiger partial charge in [-0.3, -0.25) is 4.90 Å². The van der Waals surface area contributed by atoms with E-state index in [2.05, 4.69) is 0 Å². The van der Waals surface area contributed by atoms with Crippen LogP contribution in [0.5, 0.6) is 0 Å². The molecule has 1 aromatic rings. The Hall–Kier alpha value is -1.82. The number of nitrogens with zero attached hydrogens (tertiary/aromatic N) is 1. The van der Waals surface area contributed by atoms with E-state index in [1.54, 1.807) is 18.2 Å². The summed E-state index contributed by atoms with van der Waals surface area (Å²) in [6, 6.07) is 6.40. The highest BCUT2D eigenvalue weighted by Crippen LogP contribution is 2.33. The number of carboxylic acid groups (broad SMARTS) is 1. The zero-order valence-electron chi connectivity index (χ0n) is 8.41. The molecule has 5 nitrogen and oxygen atoms in total. The summed E-state index contributed by atoms with van der Waals surface area (Å²) in [5.41, 5.74) is 0.519. The Morgan fingerprint density at radius 2 is 1.94 bits per heavy atom. The van der Waals surface area contributed by atoms with Crippen LogP contribution in [-0.2, 0) is 9.84 Å². The highest BCUT2D eigenvalue weighted by molar-refractivity contribution is 7.95. The van der Waals surface area contributed by atoms with Crippen LogP contribution in [0.1, 0.15) is 5.56 Å². The molecule has 0 fully saturated rings. The third-order valence-electron chi connectivity index (χ3n) is 2.38. The maximum atomic E-state index is 12.0. The average molecular weight is 239 g/mol. The smallest absolute Gasteiger partial charge is 0.412 e. The van der Waals surface area contributed by atoms with Crippen molar-refractivity contribution in [2.45, 2.75) is 4.90 Å². The summed E-state index contributed by atoms with van der Waals surface area (Å²) in [6.07, 6.45) is 0.0568. The molecule has 2 rings (SSSR count). The molecule has 1 amide bonds. The summed E-state index contributed by atoms with van der Waals surface area (Å²) in [4.78, 5) is 11.6. The minimum Gasteiger partial charge on any atom is -0.465 e. The number of benzene rings is 1. The first-order valence-corrected chi connectivity index (χ1v) is 5.95. The van der Waals surface area contributed by atoms with Crippen LogP contribution in [0, 0.1) is 0 Å². The summed E-state index contributed by atoms with van der Waals surface area (Å²) in [6.45, 7) is 0. The lowest BCUT2D eigenvalue weighted by molar-refractivity contribution is 0.169. The highest BCUT2D eigenvalue weighted by Gasteiger charge is 2.33. The number of fused-ring (bicyclic) bond motifs is 1. The van der Waals surface area contributed by atoms with Gasteiger partial charge in [-0.2, -0.15) is 0 Å². The lowest BCUT2D eigenvalue weighted by atomic mass is 10.2. The fourth-order valence-electron chi connectivity index (χ4n) is 1.54. The first kappa shape index (κ1) is 10.7. The van der Waals surface area contributed by atoms with E-state index in [4.69, 9.17) is 5.11 Å². The molecule has 1 aliphatic heterocycles. The third kappa shape index (κ3) is 1.38. The first-order chi connectivity index (χ1) is 7.44. The fraction of sp³-hybridized carbons (Fsp3) is 0.100. The molecule has 0 atom stereocenters. The van der Waals surface area contributed by atoms with E-state index in [1.807, 2.05) is 0 Å². The first-order valence-electron chi connectivity index (χ1n) is 4.47. The van der Waals surface area contributed by atoms with Crippen molar-refractivity contribution < 1.29 is 18.3 Å². The van der Waals surface area contributed by atoms with E-state index in [9.17, 15) is 13.2 Å². The normalized spacial score (nSPS) is 16.4. The third-order valence-corrected chi connectivity index (χ3v) is 4.27. The molecule has 1 aliphatic rings. The minimum absolute atomic E-state index is 0.151. The van der Waals surface area contributed by atoms with Crippen molar-refractivity contribution in [3.63, 3.8) is 0 Å². The fourth-order valence-corrected chi connectivity index (χ4v) is 3.18. The minimum atomic E-state index is -3.68. The van der Waals surface area contributed by atoms with E-state index in [-0.39, 0.29) is 9.92 Å². The number of hydrogen-bond donors (Lipinski definition) is 1. The molecule has 0 radical (unpaired) electrons. The number of amides is 1. The van der Waals surface area contributed by atoms with E-state index in [1.165, 1.54) is 19.2 Å². The molecule has 16 heavy (non-hydrogen) atoms. The largest absolute Gasteiger partial charge is 0.465 e. The summed E-state index contributed by atoms with van der Waals surface area (Å²) in [5.74, 6) is 0. The van der Waals surface area contributed by atoms with Gasteiger partial charge in [-0.25, -0.2) is 13.2 Å². The molecule has 0 unspecified atom stereocenters. The van der Waals surface area contributed by atoms with Gasteiger partial charge >= 0.3 is 6.09 Å². The van der Waals surface area contributed by atoms with Crippen LogP contribution in [0.25, 0.3) is 6.08 Å². The lowest BCUT2D eigenvalue weighted by Crippen LogP contribution is -2.27. The topological polar surface area (TPSA) is 74.7 Å². The monoisotopic (exact) mass is 239 g/mol. The number of sulfone groups is 1. The van der Waals surface area contributed by atoms with E-state index in [0.717, 1.165) is 0 Å². The lowest BCUT2D eigenvalue weighted by Gasteiger charge is -2.13. The van der Waals surface area contributed by atoms with Gasteiger partial charge in [0.05, 0.1) is 4.90 Å². The molecule has 84 valence electrons. The van der Waals surface area contributed by atoms with Crippen LogP contribution >= 0.6 is 0 Å². The van der Waals surface area contributed by atoms with E-state index >= 15 is 0 Å². The van der Waals surface area contributed by atoms with Crippen LogP contribution < -0.4 is 0 Å². The molecule has 0 aliphatic carbocycles. The van der Waals surface area contributed by atoms with Crippen LogP contribution in [-0.4, -0.2) is 31.6 Å². The molecule has 0 aromatic heterocycles. The van der Waals surface area contributed by atoms with Gasteiger partial charge in [-0.1, -0.05) is 18.2 Å². The van der Waals surface area contributed by atoms with Gasteiger partial charge in [-0.15, -0.1) is 0 Å². The second-order valence-electron chi connectivity index (χ2n) is 3.37. The maximum Gasteiger partial charge on any atom is 0.412 e. The van der Waals surface area contributed by atoms with Crippen LogP contribution in [0.3, 0.4) is 0 Å². The Morgan fingerprint density at radius 1 is 1.31 bits per heavy atom. The Kier molecular flexibility index (Phi) is 2.23. The van der Waals surface area contributed by atoms with Crippen molar-refractivity contribution in [3.8, 4) is 0 Å². The summed E-state index contributed by atoms with van der Waals surface area (Å²) in [7, 11) is -2.48. The molecule has 0 saturated heterocycles. The van der Waals surface area contributed by atoms with Gasteiger partial charge in [0.25, 0.3) is 0 Å². The molecule has 0 spiro atoms. The maximum absolute atomic E-state index is 12.0. The molecule has 6 heteroatoms. The summed E-state index contributed by atoms with van der Waals surface area (Å²) >= 11 is 0. The Balaban J connectivity index is 2.60. The van der Waals surface area contributed by atoms with Crippen molar-refractivity contribution >= 4 is 22.0 Å². The molecule has 1 aromatic carbocycles. The van der Waals surface area contributed by atoms with Gasteiger partial charge < -0.3 is 5.11 Å². The number of hydrogen-bond acceptors (Lipinski definition) is 3. The second kappa shape index (κ2) is 3.34. The van der Waals surface area contributed by atoms with E-state index in [0.29, 0.717) is 10.5 Å². The Morgan fingerprint density at radius 3 is 2.50 bits per heavy atom. The summed E-state index contributed by atoms with van der Waals surface area (Å²) in [5, 5.41) is 8.57. The van der Waals surface area contributed by atoms with Gasteiger partial charge in [-0.05, 0) is 17.7 Å². The predicted octanol–water partition coefficient (Wildman–Crippen LogP) is 1.38. The molecular formula is C10H9NO4S. The van der Waals surface area contributed by atoms with Gasteiger partial charge in [0.2, 0.25) is 9.84 Å². The molecule has 1 N–H and O–H groups in total. The standard InChI is InChI=1S/C10H9NO4S/c1-11(10(12)13)9-6-7-4-2-3-5-8(7)16(9,14)15/h2-6H,1H3,(H,12,13). The Labute approximate surface area is 92.5 Å². The van der Waals surface area contributed by atoms with Crippen molar-refractivity contribution in [1.82, 2.24) is 4.90 Å².